The van der Waals surface area contributed by atoms with Gasteiger partial charge in [0, 0.05) is 14.2 Å². The van der Waals surface area contributed by atoms with E-state index in [9.17, 15) is 0 Å². The van der Waals surface area contributed by atoms with Gasteiger partial charge in [-0.15, -0.1) is 0 Å². The summed E-state index contributed by atoms with van der Waals surface area (Å²) in [5.74, 6) is 0. The molecule has 0 aromatic carbocycles. The summed E-state index contributed by atoms with van der Waals surface area (Å²) in [4.78, 5) is 0. The van der Waals surface area contributed by atoms with Crippen molar-refractivity contribution in [3.63, 3.8) is 0 Å². The van der Waals surface area contributed by atoms with Crippen molar-refractivity contribution in [3.8, 4) is 0 Å². The van der Waals surface area contributed by atoms with Crippen LogP contribution in [0.5, 0.6) is 0 Å². The Hall–Kier alpha value is -0.120. The highest BCUT2D eigenvalue weighted by atomic mass is 16.5. The van der Waals surface area contributed by atoms with Gasteiger partial charge in [-0.05, 0) is 12.8 Å². The summed E-state index contributed by atoms with van der Waals surface area (Å²) in [5.41, 5.74) is 0. The van der Waals surface area contributed by atoms with E-state index in [4.69, 9.17) is 5.11 Å². The van der Waals surface area contributed by atoms with Crippen molar-refractivity contribution in [2.75, 3.05) is 27.4 Å². The maximum absolute atomic E-state index is 8.91. The number of hydrogen-bond donors (Lipinski definition) is 1. The Bertz CT molecular complexity index is 86.2. The zero-order valence-corrected chi connectivity index (χ0v) is 8.79. The Kier molecular flexibility index (Phi) is 9.87. The van der Waals surface area contributed by atoms with Crippen LogP contribution in [-0.2, 0) is 9.47 Å². The number of methoxy groups -OCH3 is 2. The molecule has 0 heterocycles. The molecule has 0 radical (unpaired) electrons. The molecule has 1 aliphatic rings. The van der Waals surface area contributed by atoms with E-state index in [1.807, 2.05) is 0 Å². The molecule has 0 saturated heterocycles. The van der Waals surface area contributed by atoms with Gasteiger partial charge in [-0.1, -0.05) is 19.3 Å². The molecule has 0 aromatic rings. The fraction of sp³-hybridized carbons (Fsp3) is 1.00. The zero-order valence-electron chi connectivity index (χ0n) is 8.79. The molecule has 1 fully saturated rings. The molecule has 0 spiro atoms. The molecule has 0 atom stereocenters. The third-order valence-corrected chi connectivity index (χ3v) is 2.07. The first-order valence-corrected chi connectivity index (χ1v) is 4.97. The van der Waals surface area contributed by atoms with E-state index in [0.29, 0.717) is 13.2 Å². The number of rotatable bonds is 3. The van der Waals surface area contributed by atoms with Crippen LogP contribution in [-0.4, -0.2) is 38.6 Å². The molecule has 0 amide bonds. The second-order valence-electron chi connectivity index (χ2n) is 3.28. The molecule has 1 saturated carbocycles. The predicted molar refractivity (Wildman–Crippen MR) is 52.8 cm³/mol. The minimum atomic E-state index is 0.0359. The summed E-state index contributed by atoms with van der Waals surface area (Å²) < 4.78 is 9.31. The topological polar surface area (TPSA) is 38.7 Å². The first-order valence-electron chi connectivity index (χ1n) is 4.97. The van der Waals surface area contributed by atoms with Crippen molar-refractivity contribution >= 4 is 0 Å². The normalized spacial score (nSPS) is 17.8. The largest absolute Gasteiger partial charge is 0.393 e. The van der Waals surface area contributed by atoms with Crippen LogP contribution < -0.4 is 0 Å². The highest BCUT2D eigenvalue weighted by molar-refractivity contribution is 4.61. The second-order valence-corrected chi connectivity index (χ2v) is 3.28. The summed E-state index contributed by atoms with van der Waals surface area (Å²) in [6.07, 6.45) is 5.92. The standard InChI is InChI=1S/C6H12O.C4H10O2/c7-6-4-2-1-3-5-6;1-5-3-4-6-2/h6-7H,1-5H2;3-4H2,1-2H3. The van der Waals surface area contributed by atoms with Crippen molar-refractivity contribution in [3.05, 3.63) is 0 Å². The summed E-state index contributed by atoms with van der Waals surface area (Å²) in [6, 6.07) is 0. The highest BCUT2D eigenvalue weighted by Crippen LogP contribution is 2.16. The molecule has 13 heavy (non-hydrogen) atoms. The van der Waals surface area contributed by atoms with Gasteiger partial charge in [0.05, 0.1) is 19.3 Å². The molecule has 80 valence electrons. The van der Waals surface area contributed by atoms with Crippen molar-refractivity contribution in [2.45, 2.75) is 38.2 Å². The molecule has 0 bridgehead atoms. The lowest BCUT2D eigenvalue weighted by molar-refractivity contribution is 0.103. The van der Waals surface area contributed by atoms with Gasteiger partial charge >= 0.3 is 0 Å². The Morgan fingerprint density at radius 1 is 1.00 bits per heavy atom. The fourth-order valence-corrected chi connectivity index (χ4v) is 1.25. The van der Waals surface area contributed by atoms with Gasteiger partial charge in [-0.3, -0.25) is 0 Å². The average molecular weight is 190 g/mol. The highest BCUT2D eigenvalue weighted by Gasteiger charge is 2.07. The van der Waals surface area contributed by atoms with E-state index >= 15 is 0 Å². The maximum atomic E-state index is 8.91. The van der Waals surface area contributed by atoms with Gasteiger partial charge in [-0.25, -0.2) is 0 Å². The van der Waals surface area contributed by atoms with Crippen molar-refractivity contribution in [2.24, 2.45) is 0 Å². The predicted octanol–water partition coefficient (Wildman–Crippen LogP) is 1.59. The van der Waals surface area contributed by atoms with Crippen LogP contribution in [0.4, 0.5) is 0 Å². The van der Waals surface area contributed by atoms with Crippen LogP contribution in [0, 0.1) is 0 Å². The van der Waals surface area contributed by atoms with Crippen LogP contribution >= 0.6 is 0 Å². The van der Waals surface area contributed by atoms with Gasteiger partial charge in [0.1, 0.15) is 0 Å². The van der Waals surface area contributed by atoms with Crippen LogP contribution in [0.3, 0.4) is 0 Å². The van der Waals surface area contributed by atoms with E-state index in [2.05, 4.69) is 9.47 Å². The van der Waals surface area contributed by atoms with Crippen molar-refractivity contribution in [1.29, 1.82) is 0 Å². The van der Waals surface area contributed by atoms with E-state index in [0.717, 1.165) is 12.8 Å². The maximum Gasteiger partial charge on any atom is 0.0696 e. The van der Waals surface area contributed by atoms with Gasteiger partial charge in [0.25, 0.3) is 0 Å². The van der Waals surface area contributed by atoms with E-state index in [-0.39, 0.29) is 6.10 Å². The number of aliphatic hydroxyl groups is 1. The lowest BCUT2D eigenvalue weighted by Gasteiger charge is -2.14. The quantitative estimate of drug-likeness (QED) is 0.687. The van der Waals surface area contributed by atoms with Crippen molar-refractivity contribution < 1.29 is 14.6 Å². The Balaban J connectivity index is 0.000000226. The third kappa shape index (κ3) is 9.80. The monoisotopic (exact) mass is 190 g/mol. The SMILES string of the molecule is COCCOC.OC1CCCCC1. The average Bonchev–Trinajstić information content (AvgIpc) is 2.17. The molecule has 1 rings (SSSR count). The van der Waals surface area contributed by atoms with Crippen LogP contribution in [0.1, 0.15) is 32.1 Å². The van der Waals surface area contributed by atoms with Crippen LogP contribution in [0.15, 0.2) is 0 Å². The van der Waals surface area contributed by atoms with Crippen LogP contribution in [0.25, 0.3) is 0 Å². The number of hydrogen-bond acceptors (Lipinski definition) is 3. The Morgan fingerprint density at radius 2 is 1.46 bits per heavy atom. The number of aliphatic hydroxyl groups excluding tert-OH is 1. The second kappa shape index (κ2) is 9.96. The van der Waals surface area contributed by atoms with Crippen molar-refractivity contribution in [1.82, 2.24) is 0 Å². The Morgan fingerprint density at radius 3 is 1.69 bits per heavy atom. The molecule has 0 aromatic heterocycles. The molecule has 0 aliphatic heterocycles. The zero-order chi connectivity index (χ0) is 9.94. The van der Waals surface area contributed by atoms with E-state index < -0.39 is 0 Å². The molecule has 1 aliphatic carbocycles. The molecule has 1 N–H and O–H groups in total. The van der Waals surface area contributed by atoms with Gasteiger partial charge < -0.3 is 14.6 Å². The summed E-state index contributed by atoms with van der Waals surface area (Å²) >= 11 is 0. The number of ether oxygens (including phenoxy) is 2. The first-order chi connectivity index (χ1) is 6.31. The third-order valence-electron chi connectivity index (χ3n) is 2.07. The molecule has 3 nitrogen and oxygen atoms in total. The van der Waals surface area contributed by atoms with E-state index in [1.54, 1.807) is 14.2 Å². The minimum absolute atomic E-state index is 0.0359. The molecular formula is C10H22O3. The fourth-order valence-electron chi connectivity index (χ4n) is 1.25. The molecular weight excluding hydrogens is 168 g/mol. The van der Waals surface area contributed by atoms with Gasteiger partial charge in [0.2, 0.25) is 0 Å². The molecule has 0 unspecified atom stereocenters. The molecule has 3 heteroatoms. The van der Waals surface area contributed by atoms with Gasteiger partial charge in [-0.2, -0.15) is 0 Å². The van der Waals surface area contributed by atoms with Crippen LogP contribution in [0.2, 0.25) is 0 Å². The summed E-state index contributed by atoms with van der Waals surface area (Å²) in [5, 5.41) is 8.91. The lowest BCUT2D eigenvalue weighted by Crippen LogP contribution is -2.09. The summed E-state index contributed by atoms with van der Waals surface area (Å²) in [7, 11) is 3.30. The van der Waals surface area contributed by atoms with Gasteiger partial charge in [0.15, 0.2) is 0 Å². The first kappa shape index (κ1) is 12.9. The lowest BCUT2D eigenvalue weighted by atomic mass is 9.98. The minimum Gasteiger partial charge on any atom is -0.393 e. The van der Waals surface area contributed by atoms with E-state index in [1.165, 1.54) is 19.3 Å². The summed E-state index contributed by atoms with van der Waals surface area (Å²) in [6.45, 7) is 1.38. The Labute approximate surface area is 81.0 Å². The smallest absolute Gasteiger partial charge is 0.0696 e.